The second-order valence-corrected chi connectivity index (χ2v) is 4.84. The van der Waals surface area contributed by atoms with Crippen LogP contribution in [-0.4, -0.2) is 66.6 Å². The summed E-state index contributed by atoms with van der Waals surface area (Å²) in [4.78, 5) is 15.4. The van der Waals surface area contributed by atoms with E-state index in [1.807, 2.05) is 0 Å². The molecule has 1 aliphatic rings. The summed E-state index contributed by atoms with van der Waals surface area (Å²) >= 11 is 0. The highest BCUT2D eigenvalue weighted by atomic mass is 16.5. The molecule has 1 aromatic heterocycles. The lowest BCUT2D eigenvalue weighted by molar-refractivity contribution is 0.0991. The zero-order valence-corrected chi connectivity index (χ0v) is 12.5. The van der Waals surface area contributed by atoms with E-state index in [0.29, 0.717) is 37.6 Å². The number of ether oxygens (including phenoxy) is 1. The fourth-order valence-corrected chi connectivity index (χ4v) is 2.19. The molecule has 0 atom stereocenters. The number of piperidine rings is 1. The normalized spacial score (nSPS) is 15.0. The van der Waals surface area contributed by atoms with E-state index in [1.165, 1.54) is 19.3 Å². The lowest BCUT2D eigenvalue weighted by Crippen LogP contribution is -2.31. The van der Waals surface area contributed by atoms with Gasteiger partial charge in [0, 0.05) is 26.7 Å². The number of aliphatic hydroxyl groups excluding tert-OH is 1. The van der Waals surface area contributed by atoms with Gasteiger partial charge in [-0.3, -0.25) is 0 Å². The van der Waals surface area contributed by atoms with Gasteiger partial charge in [0.2, 0.25) is 17.8 Å². The number of aliphatic hydroxyl groups is 1. The smallest absolute Gasteiger partial charge is 0.231 e. The van der Waals surface area contributed by atoms with E-state index in [0.717, 1.165) is 13.1 Å². The van der Waals surface area contributed by atoms with Gasteiger partial charge >= 0.3 is 0 Å². The first-order valence-electron chi connectivity index (χ1n) is 7.44. The maximum atomic E-state index is 8.64. The molecule has 0 aliphatic carbocycles. The minimum atomic E-state index is 0.0365. The molecule has 21 heavy (non-hydrogen) atoms. The van der Waals surface area contributed by atoms with Gasteiger partial charge in [-0.05, 0) is 19.3 Å². The van der Waals surface area contributed by atoms with Crippen molar-refractivity contribution in [2.75, 3.05) is 62.0 Å². The van der Waals surface area contributed by atoms with Gasteiger partial charge in [0.25, 0.3) is 0 Å². The summed E-state index contributed by atoms with van der Waals surface area (Å²) in [6.45, 7) is 3.46. The first-order chi connectivity index (χ1) is 10.3. The summed E-state index contributed by atoms with van der Waals surface area (Å²) in [5, 5.41) is 14.7. The molecule has 8 nitrogen and oxygen atoms in total. The molecule has 8 heteroatoms. The molecule has 3 N–H and O–H groups in total. The summed E-state index contributed by atoms with van der Waals surface area (Å²) in [5.74, 6) is 1.82. The summed E-state index contributed by atoms with van der Waals surface area (Å²) in [6, 6.07) is 0. The molecule has 2 rings (SSSR count). The molecule has 1 saturated heterocycles. The van der Waals surface area contributed by atoms with Crippen molar-refractivity contribution >= 4 is 17.8 Å². The Morgan fingerprint density at radius 1 is 1.10 bits per heavy atom. The lowest BCUT2D eigenvalue weighted by atomic mass is 10.1. The summed E-state index contributed by atoms with van der Waals surface area (Å²) in [6.07, 6.45) is 3.63. The Balaban J connectivity index is 1.96. The Labute approximate surface area is 125 Å². The average molecular weight is 296 g/mol. The minimum Gasteiger partial charge on any atom is -0.394 e. The van der Waals surface area contributed by atoms with Crippen LogP contribution in [0.2, 0.25) is 0 Å². The zero-order valence-electron chi connectivity index (χ0n) is 12.5. The van der Waals surface area contributed by atoms with E-state index in [1.54, 1.807) is 7.05 Å². The van der Waals surface area contributed by atoms with Crippen molar-refractivity contribution < 1.29 is 9.84 Å². The van der Waals surface area contributed by atoms with Crippen LogP contribution in [0.5, 0.6) is 0 Å². The van der Waals surface area contributed by atoms with Gasteiger partial charge in [-0.1, -0.05) is 0 Å². The van der Waals surface area contributed by atoms with Crippen molar-refractivity contribution in [2.24, 2.45) is 0 Å². The zero-order chi connectivity index (χ0) is 14.9. The topological polar surface area (TPSA) is 95.4 Å². The minimum absolute atomic E-state index is 0.0365. The molecule has 0 amide bonds. The fourth-order valence-electron chi connectivity index (χ4n) is 2.19. The van der Waals surface area contributed by atoms with E-state index in [4.69, 9.17) is 9.84 Å². The Bertz CT molecular complexity index is 425. The van der Waals surface area contributed by atoms with Crippen molar-refractivity contribution in [2.45, 2.75) is 19.3 Å². The van der Waals surface area contributed by atoms with Crippen LogP contribution in [-0.2, 0) is 4.74 Å². The number of nitrogens with one attached hydrogen (secondary N) is 2. The highest BCUT2D eigenvalue weighted by Crippen LogP contribution is 2.18. The van der Waals surface area contributed by atoms with Crippen LogP contribution in [0.3, 0.4) is 0 Å². The fraction of sp³-hybridized carbons (Fsp3) is 0.769. The second-order valence-electron chi connectivity index (χ2n) is 4.84. The monoisotopic (exact) mass is 296 g/mol. The van der Waals surface area contributed by atoms with Gasteiger partial charge in [-0.15, -0.1) is 0 Å². The molecule has 118 valence electrons. The van der Waals surface area contributed by atoms with Crippen molar-refractivity contribution in [3.05, 3.63) is 0 Å². The maximum Gasteiger partial charge on any atom is 0.231 e. The van der Waals surface area contributed by atoms with Crippen LogP contribution in [0.1, 0.15) is 19.3 Å². The number of anilines is 3. The van der Waals surface area contributed by atoms with Crippen molar-refractivity contribution in [1.29, 1.82) is 0 Å². The molecular weight excluding hydrogens is 272 g/mol. The van der Waals surface area contributed by atoms with E-state index >= 15 is 0 Å². The second kappa shape index (κ2) is 8.58. The van der Waals surface area contributed by atoms with Gasteiger partial charge in [-0.2, -0.15) is 15.0 Å². The lowest BCUT2D eigenvalue weighted by Gasteiger charge is -2.26. The first-order valence-corrected chi connectivity index (χ1v) is 7.44. The molecule has 0 unspecified atom stereocenters. The third kappa shape index (κ3) is 4.98. The summed E-state index contributed by atoms with van der Waals surface area (Å²) in [5.41, 5.74) is 0. The Hall–Kier alpha value is -1.67. The highest BCUT2D eigenvalue weighted by Gasteiger charge is 2.15. The molecule has 1 aliphatic heterocycles. The van der Waals surface area contributed by atoms with Gasteiger partial charge in [-0.25, -0.2) is 0 Å². The van der Waals surface area contributed by atoms with Crippen LogP contribution in [0.15, 0.2) is 0 Å². The van der Waals surface area contributed by atoms with Gasteiger partial charge < -0.3 is 25.4 Å². The SMILES string of the molecule is CNc1nc(NCCOCCO)nc(N2CCCCC2)n1. The van der Waals surface area contributed by atoms with Gasteiger partial charge in [0.05, 0.1) is 19.8 Å². The first kappa shape index (κ1) is 15.7. The number of aromatic nitrogens is 3. The molecule has 0 bridgehead atoms. The van der Waals surface area contributed by atoms with Crippen molar-refractivity contribution in [3.63, 3.8) is 0 Å². The van der Waals surface area contributed by atoms with Gasteiger partial charge in [0.15, 0.2) is 0 Å². The van der Waals surface area contributed by atoms with Crippen LogP contribution in [0.25, 0.3) is 0 Å². The molecular formula is C13H24N6O2. The third-order valence-electron chi connectivity index (χ3n) is 3.25. The van der Waals surface area contributed by atoms with Crippen LogP contribution < -0.4 is 15.5 Å². The molecule has 0 saturated carbocycles. The standard InChI is InChI=1S/C13H24N6O2/c1-14-11-16-12(15-5-9-21-10-8-20)18-13(17-11)19-6-3-2-4-7-19/h20H,2-10H2,1H3,(H2,14,15,16,17,18). The Morgan fingerprint density at radius 3 is 2.57 bits per heavy atom. The van der Waals surface area contributed by atoms with E-state index < -0.39 is 0 Å². The summed E-state index contributed by atoms with van der Waals surface area (Å²) < 4.78 is 5.20. The molecule has 2 heterocycles. The number of hydrogen-bond donors (Lipinski definition) is 3. The number of rotatable bonds is 8. The third-order valence-corrected chi connectivity index (χ3v) is 3.25. The van der Waals surface area contributed by atoms with Gasteiger partial charge in [0.1, 0.15) is 0 Å². The summed E-state index contributed by atoms with van der Waals surface area (Å²) in [7, 11) is 1.80. The van der Waals surface area contributed by atoms with Crippen LogP contribution >= 0.6 is 0 Å². The Kier molecular flexibility index (Phi) is 6.42. The molecule has 0 aromatic carbocycles. The number of nitrogens with zero attached hydrogens (tertiary/aromatic N) is 4. The Morgan fingerprint density at radius 2 is 1.86 bits per heavy atom. The molecule has 0 spiro atoms. The number of hydrogen-bond acceptors (Lipinski definition) is 8. The van der Waals surface area contributed by atoms with E-state index in [-0.39, 0.29) is 6.61 Å². The predicted octanol–water partition coefficient (Wildman–Crippen LogP) is 0.324. The quantitative estimate of drug-likeness (QED) is 0.591. The average Bonchev–Trinajstić information content (AvgIpc) is 2.55. The predicted molar refractivity (Wildman–Crippen MR) is 81.8 cm³/mol. The molecule has 1 fully saturated rings. The van der Waals surface area contributed by atoms with Crippen molar-refractivity contribution in [1.82, 2.24) is 15.0 Å². The van der Waals surface area contributed by atoms with Crippen LogP contribution in [0.4, 0.5) is 17.8 Å². The molecule has 0 radical (unpaired) electrons. The van der Waals surface area contributed by atoms with Crippen LogP contribution in [0, 0.1) is 0 Å². The van der Waals surface area contributed by atoms with E-state index in [2.05, 4.69) is 30.5 Å². The largest absolute Gasteiger partial charge is 0.394 e. The highest BCUT2D eigenvalue weighted by molar-refractivity contribution is 5.43. The maximum absolute atomic E-state index is 8.64. The molecule has 1 aromatic rings. The van der Waals surface area contributed by atoms with Crippen molar-refractivity contribution in [3.8, 4) is 0 Å². The van der Waals surface area contributed by atoms with E-state index in [9.17, 15) is 0 Å².